The first-order valence-corrected chi connectivity index (χ1v) is 6.41. The number of rotatable bonds is 4. The van der Waals surface area contributed by atoms with Gasteiger partial charge in [0.15, 0.2) is 0 Å². The molecule has 2 rings (SSSR count). The lowest BCUT2D eigenvalue weighted by Gasteiger charge is -2.27. The Kier molecular flexibility index (Phi) is 4.40. The smallest absolute Gasteiger partial charge is 0.119 e. The molecule has 0 aromatic heterocycles. The lowest BCUT2D eigenvalue weighted by molar-refractivity contribution is 0.219. The monoisotopic (exact) mass is 234 g/mol. The standard InChI is InChI=1S/C14H22N2O/c1-11-2-4-13(5-3-11)17-10-14(15)12-6-8-16-9-7-12/h2-5,12,14,16H,6-10,15H2,1H3. The maximum Gasteiger partial charge on any atom is 0.119 e. The van der Waals surface area contributed by atoms with Gasteiger partial charge in [-0.05, 0) is 50.9 Å². The Labute approximate surface area is 103 Å². The van der Waals surface area contributed by atoms with Crippen LogP contribution in [0.15, 0.2) is 24.3 Å². The summed E-state index contributed by atoms with van der Waals surface area (Å²) in [6.07, 6.45) is 2.33. The lowest BCUT2D eigenvalue weighted by atomic mass is 9.91. The second-order valence-corrected chi connectivity index (χ2v) is 4.88. The van der Waals surface area contributed by atoms with Crippen molar-refractivity contribution >= 4 is 0 Å². The molecule has 1 aliphatic rings. The van der Waals surface area contributed by atoms with Crippen molar-refractivity contribution in [1.29, 1.82) is 0 Å². The maximum atomic E-state index is 6.17. The number of nitrogens with one attached hydrogen (secondary N) is 1. The van der Waals surface area contributed by atoms with Crippen LogP contribution in [-0.4, -0.2) is 25.7 Å². The maximum absolute atomic E-state index is 6.17. The fourth-order valence-electron chi connectivity index (χ4n) is 2.24. The van der Waals surface area contributed by atoms with Crippen LogP contribution in [0.4, 0.5) is 0 Å². The van der Waals surface area contributed by atoms with Crippen LogP contribution in [0.2, 0.25) is 0 Å². The summed E-state index contributed by atoms with van der Waals surface area (Å²) in [4.78, 5) is 0. The number of benzene rings is 1. The Morgan fingerprint density at radius 2 is 1.94 bits per heavy atom. The van der Waals surface area contributed by atoms with E-state index in [1.54, 1.807) is 0 Å². The summed E-state index contributed by atoms with van der Waals surface area (Å²) in [5.41, 5.74) is 7.42. The van der Waals surface area contributed by atoms with Gasteiger partial charge in [0.25, 0.3) is 0 Å². The summed E-state index contributed by atoms with van der Waals surface area (Å²) in [6, 6.07) is 8.28. The first-order chi connectivity index (χ1) is 8.25. The predicted molar refractivity (Wildman–Crippen MR) is 70.2 cm³/mol. The van der Waals surface area contributed by atoms with Crippen LogP contribution in [0.1, 0.15) is 18.4 Å². The van der Waals surface area contributed by atoms with Gasteiger partial charge in [0.1, 0.15) is 12.4 Å². The molecule has 0 saturated carbocycles. The summed E-state index contributed by atoms with van der Waals surface area (Å²) in [7, 11) is 0. The van der Waals surface area contributed by atoms with Gasteiger partial charge in [0.05, 0.1) is 0 Å². The summed E-state index contributed by atoms with van der Waals surface area (Å²) in [5.74, 6) is 1.52. The normalized spacial score (nSPS) is 18.9. The highest BCUT2D eigenvalue weighted by Gasteiger charge is 2.20. The number of hydrogen-bond donors (Lipinski definition) is 2. The second kappa shape index (κ2) is 6.03. The zero-order chi connectivity index (χ0) is 12.1. The third-order valence-electron chi connectivity index (χ3n) is 3.45. The number of nitrogens with two attached hydrogens (primary N) is 1. The van der Waals surface area contributed by atoms with Gasteiger partial charge in [0, 0.05) is 6.04 Å². The molecule has 0 bridgehead atoms. The Balaban J connectivity index is 1.78. The Bertz CT molecular complexity index is 331. The molecular formula is C14H22N2O. The van der Waals surface area contributed by atoms with E-state index in [1.165, 1.54) is 18.4 Å². The Hall–Kier alpha value is -1.06. The molecule has 1 atom stereocenters. The van der Waals surface area contributed by atoms with E-state index in [-0.39, 0.29) is 6.04 Å². The van der Waals surface area contributed by atoms with Gasteiger partial charge in [-0.1, -0.05) is 17.7 Å². The molecule has 17 heavy (non-hydrogen) atoms. The quantitative estimate of drug-likeness (QED) is 0.833. The van der Waals surface area contributed by atoms with E-state index in [2.05, 4.69) is 24.4 Å². The molecule has 1 unspecified atom stereocenters. The highest BCUT2D eigenvalue weighted by Crippen LogP contribution is 2.17. The van der Waals surface area contributed by atoms with Crippen LogP contribution < -0.4 is 15.8 Å². The molecule has 3 N–H and O–H groups in total. The van der Waals surface area contributed by atoms with Gasteiger partial charge in [-0.3, -0.25) is 0 Å². The predicted octanol–water partition coefficient (Wildman–Crippen LogP) is 1.70. The zero-order valence-electron chi connectivity index (χ0n) is 10.5. The lowest BCUT2D eigenvalue weighted by Crippen LogP contribution is -2.41. The molecule has 1 aromatic carbocycles. The summed E-state index contributed by atoms with van der Waals surface area (Å²) < 4.78 is 5.73. The molecule has 0 spiro atoms. The van der Waals surface area contributed by atoms with E-state index >= 15 is 0 Å². The first-order valence-electron chi connectivity index (χ1n) is 6.41. The van der Waals surface area contributed by atoms with E-state index < -0.39 is 0 Å². The topological polar surface area (TPSA) is 47.3 Å². The molecule has 1 fully saturated rings. The molecule has 3 heteroatoms. The molecule has 1 aliphatic heterocycles. The minimum atomic E-state index is 0.151. The molecule has 0 aliphatic carbocycles. The van der Waals surface area contributed by atoms with E-state index in [0.717, 1.165) is 18.8 Å². The van der Waals surface area contributed by atoms with Crippen molar-refractivity contribution in [1.82, 2.24) is 5.32 Å². The fraction of sp³-hybridized carbons (Fsp3) is 0.571. The number of hydrogen-bond acceptors (Lipinski definition) is 3. The molecule has 94 valence electrons. The van der Waals surface area contributed by atoms with Gasteiger partial charge >= 0.3 is 0 Å². The minimum Gasteiger partial charge on any atom is -0.492 e. The number of ether oxygens (including phenoxy) is 1. The first kappa shape index (κ1) is 12.4. The van der Waals surface area contributed by atoms with Crippen LogP contribution in [-0.2, 0) is 0 Å². The third-order valence-corrected chi connectivity index (χ3v) is 3.45. The summed E-state index contributed by atoms with van der Waals surface area (Å²) in [5, 5.41) is 3.35. The molecule has 1 heterocycles. The van der Waals surface area contributed by atoms with Gasteiger partial charge in [-0.25, -0.2) is 0 Å². The molecule has 3 nitrogen and oxygen atoms in total. The molecule has 1 saturated heterocycles. The van der Waals surface area contributed by atoms with E-state index in [9.17, 15) is 0 Å². The van der Waals surface area contributed by atoms with Crippen LogP contribution >= 0.6 is 0 Å². The number of piperidine rings is 1. The van der Waals surface area contributed by atoms with Crippen LogP contribution in [0, 0.1) is 12.8 Å². The summed E-state index contributed by atoms with van der Waals surface area (Å²) >= 11 is 0. The average molecular weight is 234 g/mol. The van der Waals surface area contributed by atoms with Crippen molar-refractivity contribution in [3.05, 3.63) is 29.8 Å². The third kappa shape index (κ3) is 3.72. The molecule has 0 amide bonds. The summed E-state index contributed by atoms with van der Waals surface area (Å²) in [6.45, 7) is 4.87. The van der Waals surface area contributed by atoms with E-state index in [1.807, 2.05) is 12.1 Å². The van der Waals surface area contributed by atoms with Crippen LogP contribution in [0.5, 0.6) is 5.75 Å². The van der Waals surface area contributed by atoms with Crippen molar-refractivity contribution in [3.63, 3.8) is 0 Å². The van der Waals surface area contributed by atoms with E-state index in [4.69, 9.17) is 10.5 Å². The van der Waals surface area contributed by atoms with Crippen molar-refractivity contribution in [2.24, 2.45) is 11.7 Å². The van der Waals surface area contributed by atoms with Gasteiger partial charge in [-0.2, -0.15) is 0 Å². The van der Waals surface area contributed by atoms with Crippen LogP contribution in [0.3, 0.4) is 0 Å². The Morgan fingerprint density at radius 3 is 2.59 bits per heavy atom. The Morgan fingerprint density at radius 1 is 1.29 bits per heavy atom. The zero-order valence-corrected chi connectivity index (χ0v) is 10.5. The second-order valence-electron chi connectivity index (χ2n) is 4.88. The van der Waals surface area contributed by atoms with Gasteiger partial charge in [-0.15, -0.1) is 0 Å². The van der Waals surface area contributed by atoms with E-state index in [0.29, 0.717) is 12.5 Å². The van der Waals surface area contributed by atoms with Crippen molar-refractivity contribution in [2.75, 3.05) is 19.7 Å². The van der Waals surface area contributed by atoms with Crippen molar-refractivity contribution < 1.29 is 4.74 Å². The van der Waals surface area contributed by atoms with Crippen LogP contribution in [0.25, 0.3) is 0 Å². The molecule has 1 aromatic rings. The van der Waals surface area contributed by atoms with Crippen molar-refractivity contribution in [2.45, 2.75) is 25.8 Å². The fourth-order valence-corrected chi connectivity index (χ4v) is 2.24. The van der Waals surface area contributed by atoms with Gasteiger partial charge in [0.2, 0.25) is 0 Å². The number of aryl methyl sites for hydroxylation is 1. The highest BCUT2D eigenvalue weighted by molar-refractivity contribution is 5.26. The highest BCUT2D eigenvalue weighted by atomic mass is 16.5. The minimum absolute atomic E-state index is 0.151. The SMILES string of the molecule is Cc1ccc(OCC(N)C2CCNCC2)cc1. The van der Waals surface area contributed by atoms with Crippen molar-refractivity contribution in [3.8, 4) is 5.75 Å². The molecule has 0 radical (unpaired) electrons. The largest absolute Gasteiger partial charge is 0.492 e. The van der Waals surface area contributed by atoms with Gasteiger partial charge < -0.3 is 15.8 Å². The molecular weight excluding hydrogens is 212 g/mol. The average Bonchev–Trinajstić information content (AvgIpc) is 2.39.